The van der Waals surface area contributed by atoms with Gasteiger partial charge in [0.1, 0.15) is 5.75 Å². The van der Waals surface area contributed by atoms with Crippen LogP contribution in [-0.4, -0.2) is 18.0 Å². The molecule has 1 aromatic heterocycles. The normalized spacial score (nSPS) is 10.4. The molecule has 0 radical (unpaired) electrons. The van der Waals surface area contributed by atoms with Crippen molar-refractivity contribution in [3.63, 3.8) is 0 Å². The summed E-state index contributed by atoms with van der Waals surface area (Å²) in [5.41, 5.74) is 2.62. The number of anilines is 1. The molecule has 0 saturated heterocycles. The van der Waals surface area contributed by atoms with Crippen LogP contribution in [0.4, 0.5) is 5.69 Å². The summed E-state index contributed by atoms with van der Waals surface area (Å²) >= 11 is 0. The van der Waals surface area contributed by atoms with Crippen molar-refractivity contribution >= 4 is 11.6 Å². The highest BCUT2D eigenvalue weighted by Crippen LogP contribution is 2.32. The number of ether oxygens (including phenoxy) is 1. The lowest BCUT2D eigenvalue weighted by Gasteiger charge is -2.10. The molecule has 122 valence electrons. The minimum absolute atomic E-state index is 0.0340. The fourth-order valence-corrected chi connectivity index (χ4v) is 2.45. The number of aryl methyl sites for hydroxylation is 1. The van der Waals surface area contributed by atoms with E-state index >= 15 is 0 Å². The Hall–Kier alpha value is -3.08. The first-order chi connectivity index (χ1) is 11.8. The molecular weight excluding hydrogens is 304 g/mol. The van der Waals surface area contributed by atoms with Crippen molar-refractivity contribution in [2.45, 2.75) is 12.8 Å². The molecule has 1 amide bonds. The zero-order valence-electron chi connectivity index (χ0n) is 13.4. The average Bonchev–Trinajstić information content (AvgIpc) is 3.15. The van der Waals surface area contributed by atoms with Gasteiger partial charge in [0.15, 0.2) is 12.2 Å². The summed E-state index contributed by atoms with van der Waals surface area (Å²) in [5.74, 6) is 1.20. The maximum absolute atomic E-state index is 12.1. The van der Waals surface area contributed by atoms with Gasteiger partial charge < -0.3 is 14.5 Å². The molecule has 0 aliphatic carbocycles. The number of aromatic nitrogens is 1. The Labute approximate surface area is 140 Å². The summed E-state index contributed by atoms with van der Waals surface area (Å²) in [7, 11) is 1.58. The number of hydrogen-bond acceptors (Lipinski definition) is 4. The predicted molar refractivity (Wildman–Crippen MR) is 91.9 cm³/mol. The van der Waals surface area contributed by atoms with Gasteiger partial charge in [-0.25, -0.2) is 4.98 Å². The van der Waals surface area contributed by atoms with E-state index in [-0.39, 0.29) is 5.91 Å². The van der Waals surface area contributed by atoms with Gasteiger partial charge in [0.25, 0.3) is 0 Å². The van der Waals surface area contributed by atoms with Crippen molar-refractivity contribution < 1.29 is 13.9 Å². The van der Waals surface area contributed by atoms with Crippen LogP contribution < -0.4 is 10.1 Å². The van der Waals surface area contributed by atoms with Crippen molar-refractivity contribution in [1.29, 1.82) is 0 Å². The molecule has 0 fully saturated rings. The number of methoxy groups -OCH3 is 1. The van der Waals surface area contributed by atoms with Crippen molar-refractivity contribution in [1.82, 2.24) is 4.98 Å². The SMILES string of the molecule is COc1cc(NC(=O)CCc2ccccc2)ccc1-c1cnco1. The van der Waals surface area contributed by atoms with Gasteiger partial charge in [-0.1, -0.05) is 30.3 Å². The first kappa shape index (κ1) is 15.8. The van der Waals surface area contributed by atoms with Crippen LogP contribution in [0, 0.1) is 0 Å². The number of carbonyl (C=O) groups is 1. The number of rotatable bonds is 6. The molecule has 24 heavy (non-hydrogen) atoms. The zero-order chi connectivity index (χ0) is 16.8. The zero-order valence-corrected chi connectivity index (χ0v) is 13.4. The number of amides is 1. The first-order valence-corrected chi connectivity index (χ1v) is 7.67. The lowest BCUT2D eigenvalue weighted by Crippen LogP contribution is -2.12. The molecule has 0 atom stereocenters. The van der Waals surface area contributed by atoms with Crippen molar-refractivity contribution in [3.05, 3.63) is 66.7 Å². The Balaban J connectivity index is 1.65. The number of oxazole rings is 1. The van der Waals surface area contributed by atoms with Gasteiger partial charge in [0.05, 0.1) is 18.9 Å². The molecule has 0 aliphatic rings. The van der Waals surface area contributed by atoms with Gasteiger partial charge in [-0.05, 0) is 24.1 Å². The predicted octanol–water partition coefficient (Wildman–Crippen LogP) is 3.92. The summed E-state index contributed by atoms with van der Waals surface area (Å²) in [6.07, 6.45) is 4.13. The van der Waals surface area contributed by atoms with E-state index in [1.807, 2.05) is 42.5 Å². The fraction of sp³-hybridized carbons (Fsp3) is 0.158. The summed E-state index contributed by atoms with van der Waals surface area (Å²) in [4.78, 5) is 16.0. The fourth-order valence-electron chi connectivity index (χ4n) is 2.45. The smallest absolute Gasteiger partial charge is 0.224 e. The van der Waals surface area contributed by atoms with E-state index in [9.17, 15) is 4.79 Å². The lowest BCUT2D eigenvalue weighted by atomic mass is 10.1. The van der Waals surface area contributed by atoms with E-state index < -0.39 is 0 Å². The minimum atomic E-state index is -0.0340. The highest BCUT2D eigenvalue weighted by molar-refractivity contribution is 5.91. The van der Waals surface area contributed by atoms with Crippen LogP contribution in [0.3, 0.4) is 0 Å². The van der Waals surface area contributed by atoms with Gasteiger partial charge in [-0.2, -0.15) is 0 Å². The molecule has 3 aromatic rings. The number of carbonyl (C=O) groups excluding carboxylic acids is 1. The number of nitrogens with zero attached hydrogens (tertiary/aromatic N) is 1. The second kappa shape index (κ2) is 7.46. The van der Waals surface area contributed by atoms with E-state index in [0.29, 0.717) is 30.0 Å². The van der Waals surface area contributed by atoms with E-state index in [0.717, 1.165) is 11.1 Å². The van der Waals surface area contributed by atoms with Gasteiger partial charge in [0.2, 0.25) is 5.91 Å². The largest absolute Gasteiger partial charge is 0.496 e. The van der Waals surface area contributed by atoms with Crippen LogP contribution in [0.2, 0.25) is 0 Å². The van der Waals surface area contributed by atoms with Crippen LogP contribution >= 0.6 is 0 Å². The minimum Gasteiger partial charge on any atom is -0.496 e. The third-order valence-electron chi connectivity index (χ3n) is 3.67. The Bertz CT molecular complexity index is 799. The standard InChI is InChI=1S/C19H18N2O3/c1-23-17-11-15(8-9-16(17)18-12-20-13-24-18)21-19(22)10-7-14-5-3-2-4-6-14/h2-6,8-9,11-13H,7,10H2,1H3,(H,21,22). The molecule has 0 aliphatic heterocycles. The molecule has 5 nitrogen and oxygen atoms in total. The molecule has 2 aromatic carbocycles. The number of hydrogen-bond donors (Lipinski definition) is 1. The van der Waals surface area contributed by atoms with Crippen LogP contribution in [0.1, 0.15) is 12.0 Å². The van der Waals surface area contributed by atoms with Crippen LogP contribution in [0.5, 0.6) is 5.75 Å². The number of nitrogens with one attached hydrogen (secondary N) is 1. The van der Waals surface area contributed by atoms with Crippen LogP contribution in [0.15, 0.2) is 65.5 Å². The van der Waals surface area contributed by atoms with Gasteiger partial charge in [0, 0.05) is 18.2 Å². The van der Waals surface area contributed by atoms with Gasteiger partial charge in [-0.3, -0.25) is 4.79 Å². The maximum Gasteiger partial charge on any atom is 0.224 e. The summed E-state index contributed by atoms with van der Waals surface area (Å²) in [5, 5.41) is 2.89. The quantitative estimate of drug-likeness (QED) is 0.747. The third-order valence-corrected chi connectivity index (χ3v) is 3.67. The molecule has 5 heteroatoms. The van der Waals surface area contributed by atoms with E-state index in [1.54, 1.807) is 19.4 Å². The average molecular weight is 322 g/mol. The summed E-state index contributed by atoms with van der Waals surface area (Å²) in [6, 6.07) is 15.4. The van der Waals surface area contributed by atoms with Gasteiger partial charge in [-0.15, -0.1) is 0 Å². The maximum atomic E-state index is 12.1. The van der Waals surface area contributed by atoms with Crippen molar-refractivity contribution in [2.24, 2.45) is 0 Å². The Morgan fingerprint density at radius 2 is 2.04 bits per heavy atom. The Morgan fingerprint density at radius 1 is 1.21 bits per heavy atom. The van der Waals surface area contributed by atoms with Crippen LogP contribution in [-0.2, 0) is 11.2 Å². The van der Waals surface area contributed by atoms with Crippen LogP contribution in [0.25, 0.3) is 11.3 Å². The topological polar surface area (TPSA) is 64.4 Å². The molecule has 1 N–H and O–H groups in total. The molecule has 1 heterocycles. The van der Waals surface area contributed by atoms with Gasteiger partial charge >= 0.3 is 0 Å². The Kier molecular flexibility index (Phi) is 4.91. The molecule has 3 rings (SSSR count). The molecule has 0 bridgehead atoms. The number of benzene rings is 2. The summed E-state index contributed by atoms with van der Waals surface area (Å²) in [6.45, 7) is 0. The second-order valence-electron chi connectivity index (χ2n) is 5.31. The molecule has 0 unspecified atom stereocenters. The Morgan fingerprint density at radius 3 is 2.75 bits per heavy atom. The first-order valence-electron chi connectivity index (χ1n) is 7.67. The van der Waals surface area contributed by atoms with E-state index in [4.69, 9.17) is 9.15 Å². The lowest BCUT2D eigenvalue weighted by molar-refractivity contribution is -0.116. The van der Waals surface area contributed by atoms with Crippen molar-refractivity contribution in [3.8, 4) is 17.1 Å². The monoisotopic (exact) mass is 322 g/mol. The van der Waals surface area contributed by atoms with E-state index in [1.165, 1.54) is 6.39 Å². The highest BCUT2D eigenvalue weighted by Gasteiger charge is 2.11. The summed E-state index contributed by atoms with van der Waals surface area (Å²) < 4.78 is 10.7. The van der Waals surface area contributed by atoms with E-state index in [2.05, 4.69) is 10.3 Å². The molecule has 0 saturated carbocycles. The highest BCUT2D eigenvalue weighted by atomic mass is 16.5. The molecular formula is C19H18N2O3. The second-order valence-corrected chi connectivity index (χ2v) is 5.31. The third kappa shape index (κ3) is 3.81. The molecule has 0 spiro atoms. The van der Waals surface area contributed by atoms with Crippen molar-refractivity contribution in [2.75, 3.05) is 12.4 Å².